The zero-order chi connectivity index (χ0) is 13.6. The Kier molecular flexibility index (Phi) is 2.60. The summed E-state index contributed by atoms with van der Waals surface area (Å²) in [6.07, 6.45) is 1.50. The fourth-order valence-corrected chi connectivity index (χ4v) is 2.56. The van der Waals surface area contributed by atoms with Gasteiger partial charge in [0.2, 0.25) is 0 Å². The molecule has 1 fully saturated rings. The summed E-state index contributed by atoms with van der Waals surface area (Å²) >= 11 is 0. The molecule has 0 spiro atoms. The molecular weight excluding hydrogens is 246 g/mol. The van der Waals surface area contributed by atoms with Crippen LogP contribution in [0.25, 0.3) is 0 Å². The predicted molar refractivity (Wildman–Crippen MR) is 67.4 cm³/mol. The summed E-state index contributed by atoms with van der Waals surface area (Å²) in [5.41, 5.74) is 6.28. The lowest BCUT2D eigenvalue weighted by Crippen LogP contribution is -2.46. The van der Waals surface area contributed by atoms with Gasteiger partial charge in [0, 0.05) is 5.69 Å². The van der Waals surface area contributed by atoms with E-state index in [2.05, 4.69) is 5.32 Å². The number of nitrogens with one attached hydrogen (secondary N) is 1. The largest absolute Gasteiger partial charge is 0.398 e. The van der Waals surface area contributed by atoms with Crippen molar-refractivity contribution in [2.24, 2.45) is 0 Å². The fraction of sp³-hybridized carbons (Fsp3) is 0.308. The highest BCUT2D eigenvalue weighted by molar-refractivity contribution is 6.31. The van der Waals surface area contributed by atoms with Gasteiger partial charge in [-0.25, -0.2) is 4.90 Å². The molecule has 3 amide bonds. The minimum absolute atomic E-state index is 0.138. The lowest BCUT2D eigenvalue weighted by Gasteiger charge is -2.16. The quantitative estimate of drug-likeness (QED) is 0.553. The van der Waals surface area contributed by atoms with Crippen LogP contribution in [-0.4, -0.2) is 35.2 Å². The van der Waals surface area contributed by atoms with Crippen molar-refractivity contribution in [1.82, 2.24) is 10.2 Å². The van der Waals surface area contributed by atoms with Gasteiger partial charge < -0.3 is 11.1 Å². The van der Waals surface area contributed by atoms with Crippen molar-refractivity contribution in [1.29, 1.82) is 0 Å². The summed E-state index contributed by atoms with van der Waals surface area (Å²) in [5, 5.41) is 2.99. The van der Waals surface area contributed by atoms with E-state index in [9.17, 15) is 14.4 Å². The molecule has 98 valence electrons. The maximum atomic E-state index is 12.2. The number of hydrogen-bond donors (Lipinski definition) is 2. The first kappa shape index (κ1) is 11.9. The number of amides is 3. The van der Waals surface area contributed by atoms with E-state index in [0.717, 1.165) is 13.0 Å². The Morgan fingerprint density at radius 2 is 2.11 bits per heavy atom. The molecule has 2 aliphatic rings. The smallest absolute Gasteiger partial charge is 0.270 e. The predicted octanol–water partition coefficient (Wildman–Crippen LogP) is 0.143. The maximum Gasteiger partial charge on any atom is 0.270 e. The van der Waals surface area contributed by atoms with E-state index in [4.69, 9.17) is 5.73 Å². The molecule has 3 rings (SSSR count). The summed E-state index contributed by atoms with van der Waals surface area (Å²) in [6, 6.07) is 4.21. The Bertz CT molecular complexity index is 591. The number of imide groups is 3. The van der Waals surface area contributed by atoms with Crippen LogP contribution in [0.4, 0.5) is 5.69 Å². The Morgan fingerprint density at radius 3 is 2.74 bits per heavy atom. The average molecular weight is 259 g/mol. The van der Waals surface area contributed by atoms with Gasteiger partial charge in [-0.05, 0) is 31.5 Å². The molecule has 3 N–H and O–H groups in total. The Morgan fingerprint density at radius 1 is 1.32 bits per heavy atom. The van der Waals surface area contributed by atoms with E-state index < -0.39 is 23.8 Å². The van der Waals surface area contributed by atoms with E-state index in [1.54, 1.807) is 12.1 Å². The lowest BCUT2D eigenvalue weighted by molar-refractivity contribution is -0.128. The van der Waals surface area contributed by atoms with Crippen molar-refractivity contribution in [2.75, 3.05) is 12.3 Å². The number of fused-ring (bicyclic) bond motifs is 1. The number of carbonyl (C=O) groups excluding carboxylic acids is 3. The van der Waals surface area contributed by atoms with E-state index in [1.165, 1.54) is 6.07 Å². The lowest BCUT2D eigenvalue weighted by atomic mass is 10.1. The van der Waals surface area contributed by atoms with Crippen LogP contribution in [0.2, 0.25) is 0 Å². The zero-order valence-corrected chi connectivity index (χ0v) is 10.2. The van der Waals surface area contributed by atoms with E-state index >= 15 is 0 Å². The van der Waals surface area contributed by atoms with Gasteiger partial charge in [0.05, 0.1) is 17.2 Å². The van der Waals surface area contributed by atoms with Crippen molar-refractivity contribution in [3.8, 4) is 0 Å². The number of nitrogen functional groups attached to an aromatic ring is 1. The minimum atomic E-state index is -0.614. The van der Waals surface area contributed by atoms with E-state index in [0.29, 0.717) is 11.3 Å². The molecule has 2 heterocycles. The number of nitrogens with zero attached hydrogens (tertiary/aromatic N) is 1. The second kappa shape index (κ2) is 4.17. The van der Waals surface area contributed by atoms with Crippen LogP contribution in [0.3, 0.4) is 0 Å². The first-order valence-electron chi connectivity index (χ1n) is 6.16. The van der Waals surface area contributed by atoms with Crippen molar-refractivity contribution in [3.05, 3.63) is 29.3 Å². The molecule has 19 heavy (non-hydrogen) atoms. The van der Waals surface area contributed by atoms with Crippen LogP contribution in [0, 0.1) is 0 Å². The molecule has 1 saturated heterocycles. The van der Waals surface area contributed by atoms with Gasteiger partial charge in [-0.2, -0.15) is 0 Å². The normalized spacial score (nSPS) is 21.9. The molecule has 1 atom stereocenters. The Hall–Kier alpha value is -2.21. The Labute approximate surface area is 109 Å². The van der Waals surface area contributed by atoms with Crippen LogP contribution in [0.5, 0.6) is 0 Å². The SMILES string of the molecule is Nc1cccc2c1C(=O)N(C(=O)C1CCCN1)C2=O. The highest BCUT2D eigenvalue weighted by atomic mass is 16.2. The van der Waals surface area contributed by atoms with Crippen LogP contribution >= 0.6 is 0 Å². The summed E-state index contributed by atoms with van der Waals surface area (Å²) in [4.78, 5) is 37.3. The molecule has 1 aromatic rings. The topological polar surface area (TPSA) is 92.5 Å². The number of carbonyl (C=O) groups is 3. The van der Waals surface area contributed by atoms with Crippen molar-refractivity contribution < 1.29 is 14.4 Å². The Balaban J connectivity index is 1.98. The number of nitrogens with two attached hydrogens (primary N) is 1. The minimum Gasteiger partial charge on any atom is -0.398 e. The van der Waals surface area contributed by atoms with Crippen LogP contribution in [-0.2, 0) is 4.79 Å². The number of benzene rings is 1. The summed E-state index contributed by atoms with van der Waals surface area (Å²) in [5.74, 6) is -1.68. The maximum absolute atomic E-state index is 12.2. The highest BCUT2D eigenvalue weighted by Crippen LogP contribution is 2.28. The molecule has 0 bridgehead atoms. The monoisotopic (exact) mass is 259 g/mol. The molecule has 2 aliphatic heterocycles. The molecule has 0 aliphatic carbocycles. The van der Waals surface area contributed by atoms with Crippen molar-refractivity contribution in [3.63, 3.8) is 0 Å². The number of rotatable bonds is 1. The second-order valence-corrected chi connectivity index (χ2v) is 4.70. The third-order valence-electron chi connectivity index (χ3n) is 3.53. The third-order valence-corrected chi connectivity index (χ3v) is 3.53. The number of hydrogen-bond acceptors (Lipinski definition) is 5. The second-order valence-electron chi connectivity index (χ2n) is 4.70. The standard InChI is InChI=1S/C13H13N3O3/c14-8-4-1-3-7-10(8)13(19)16(11(7)17)12(18)9-5-2-6-15-9/h1,3-4,9,15H,2,5-6,14H2. The van der Waals surface area contributed by atoms with Gasteiger partial charge in [-0.3, -0.25) is 14.4 Å². The molecule has 1 unspecified atom stereocenters. The van der Waals surface area contributed by atoms with Crippen LogP contribution in [0.1, 0.15) is 33.6 Å². The molecule has 0 aromatic heterocycles. The van der Waals surface area contributed by atoms with Gasteiger partial charge >= 0.3 is 0 Å². The molecule has 1 aromatic carbocycles. The van der Waals surface area contributed by atoms with E-state index in [1.807, 2.05) is 0 Å². The van der Waals surface area contributed by atoms with Crippen LogP contribution in [0.15, 0.2) is 18.2 Å². The fourth-order valence-electron chi connectivity index (χ4n) is 2.56. The highest BCUT2D eigenvalue weighted by Gasteiger charge is 2.43. The summed E-state index contributed by atoms with van der Waals surface area (Å²) < 4.78 is 0. The van der Waals surface area contributed by atoms with Gasteiger partial charge in [-0.15, -0.1) is 0 Å². The average Bonchev–Trinajstić information content (AvgIpc) is 2.98. The molecule has 6 heteroatoms. The van der Waals surface area contributed by atoms with E-state index in [-0.39, 0.29) is 16.8 Å². The summed E-state index contributed by atoms with van der Waals surface area (Å²) in [7, 11) is 0. The molecular formula is C13H13N3O3. The van der Waals surface area contributed by atoms with Crippen molar-refractivity contribution in [2.45, 2.75) is 18.9 Å². The van der Waals surface area contributed by atoms with Gasteiger partial charge in [0.25, 0.3) is 17.7 Å². The molecule has 0 radical (unpaired) electrons. The third kappa shape index (κ3) is 1.64. The van der Waals surface area contributed by atoms with Gasteiger partial charge in [-0.1, -0.05) is 6.07 Å². The summed E-state index contributed by atoms with van der Waals surface area (Å²) in [6.45, 7) is 0.724. The number of anilines is 1. The van der Waals surface area contributed by atoms with Crippen LogP contribution < -0.4 is 11.1 Å². The first-order chi connectivity index (χ1) is 9.11. The van der Waals surface area contributed by atoms with Gasteiger partial charge in [0.15, 0.2) is 0 Å². The molecule has 0 saturated carbocycles. The first-order valence-corrected chi connectivity index (χ1v) is 6.16. The van der Waals surface area contributed by atoms with Gasteiger partial charge in [0.1, 0.15) is 0 Å². The zero-order valence-electron chi connectivity index (χ0n) is 10.2. The van der Waals surface area contributed by atoms with Crippen molar-refractivity contribution >= 4 is 23.4 Å². The molecule has 6 nitrogen and oxygen atoms in total.